The first-order chi connectivity index (χ1) is 16.1. The fourth-order valence-corrected chi connectivity index (χ4v) is 4.00. The Morgan fingerprint density at radius 2 is 1.82 bits per heavy atom. The molecular formula is C27H25BrClN3O2. The van der Waals surface area contributed by atoms with Crippen LogP contribution < -0.4 is 10.3 Å². The lowest BCUT2D eigenvalue weighted by Gasteiger charge is -2.21. The third-order valence-corrected chi connectivity index (χ3v) is 6.01. The van der Waals surface area contributed by atoms with Gasteiger partial charge in [0.25, 0.3) is 5.56 Å². The lowest BCUT2D eigenvalue weighted by molar-refractivity contribution is 0.306. The maximum absolute atomic E-state index is 13.4. The molecule has 0 bridgehead atoms. The second-order valence-electron chi connectivity index (χ2n) is 9.16. The van der Waals surface area contributed by atoms with Crippen LogP contribution in [0, 0.1) is 6.92 Å². The van der Waals surface area contributed by atoms with E-state index in [4.69, 9.17) is 21.3 Å². The van der Waals surface area contributed by atoms with E-state index in [1.54, 1.807) is 30.5 Å². The molecule has 0 saturated heterocycles. The van der Waals surface area contributed by atoms with Crippen molar-refractivity contribution in [1.82, 2.24) is 9.66 Å². The summed E-state index contributed by atoms with van der Waals surface area (Å²) in [5, 5.41) is 5.59. The normalized spacial score (nSPS) is 11.9. The number of hydrogen-bond donors (Lipinski definition) is 0. The number of halogens is 2. The molecule has 1 aromatic heterocycles. The second kappa shape index (κ2) is 9.72. The molecule has 0 unspecified atom stereocenters. The van der Waals surface area contributed by atoms with Gasteiger partial charge in [-0.15, -0.1) is 0 Å². The average Bonchev–Trinajstić information content (AvgIpc) is 2.78. The van der Waals surface area contributed by atoms with Crippen molar-refractivity contribution in [3.05, 3.63) is 103 Å². The van der Waals surface area contributed by atoms with E-state index in [2.05, 4.69) is 33.2 Å². The zero-order valence-electron chi connectivity index (χ0n) is 19.5. The van der Waals surface area contributed by atoms with E-state index in [1.807, 2.05) is 52.0 Å². The molecule has 0 N–H and O–H groups in total. The molecule has 4 rings (SSSR count). The van der Waals surface area contributed by atoms with Crippen LogP contribution in [0.15, 0.2) is 75.0 Å². The molecule has 3 aromatic carbocycles. The first-order valence-electron chi connectivity index (χ1n) is 10.9. The molecule has 0 saturated carbocycles. The van der Waals surface area contributed by atoms with Crippen molar-refractivity contribution in [2.75, 3.05) is 0 Å². The van der Waals surface area contributed by atoms with Gasteiger partial charge in [-0.2, -0.15) is 9.78 Å². The van der Waals surface area contributed by atoms with E-state index in [0.717, 1.165) is 10.0 Å². The fraction of sp³-hybridized carbons (Fsp3) is 0.222. The topological polar surface area (TPSA) is 56.5 Å². The van der Waals surface area contributed by atoms with Gasteiger partial charge in [-0.05, 0) is 48.9 Å². The Balaban J connectivity index is 1.75. The highest BCUT2D eigenvalue weighted by atomic mass is 79.9. The Bertz CT molecular complexity index is 1440. The van der Waals surface area contributed by atoms with Gasteiger partial charge in [0.1, 0.15) is 18.2 Å². The molecule has 7 heteroatoms. The minimum atomic E-state index is -0.406. The molecule has 4 aromatic rings. The maximum Gasteiger partial charge on any atom is 0.282 e. The summed E-state index contributed by atoms with van der Waals surface area (Å²) in [6.07, 6.45) is 1.60. The fourth-order valence-electron chi connectivity index (χ4n) is 3.46. The van der Waals surface area contributed by atoms with Gasteiger partial charge in [0.2, 0.25) is 0 Å². The third kappa shape index (κ3) is 5.40. The average molecular weight is 539 g/mol. The summed E-state index contributed by atoms with van der Waals surface area (Å²) < 4.78 is 8.23. The summed E-state index contributed by atoms with van der Waals surface area (Å²) in [5.74, 6) is 1.18. The van der Waals surface area contributed by atoms with Gasteiger partial charge >= 0.3 is 0 Å². The van der Waals surface area contributed by atoms with E-state index in [1.165, 1.54) is 10.2 Å². The van der Waals surface area contributed by atoms with Crippen LogP contribution in [0.1, 0.15) is 43.3 Å². The molecule has 1 heterocycles. The summed E-state index contributed by atoms with van der Waals surface area (Å²) in [6.45, 7) is 8.46. The van der Waals surface area contributed by atoms with Crippen LogP contribution in [-0.2, 0) is 12.0 Å². The van der Waals surface area contributed by atoms with Crippen molar-refractivity contribution in [3.63, 3.8) is 0 Å². The van der Waals surface area contributed by atoms with Gasteiger partial charge in [-0.1, -0.05) is 78.1 Å². The molecular weight excluding hydrogens is 514 g/mol. The van der Waals surface area contributed by atoms with Crippen LogP contribution in [0.2, 0.25) is 5.02 Å². The zero-order valence-corrected chi connectivity index (χ0v) is 21.8. The van der Waals surface area contributed by atoms with Crippen LogP contribution in [0.4, 0.5) is 0 Å². The van der Waals surface area contributed by atoms with Crippen LogP contribution >= 0.6 is 27.5 Å². The molecule has 0 amide bonds. The number of fused-ring (bicyclic) bond motifs is 1. The van der Waals surface area contributed by atoms with Gasteiger partial charge in [0, 0.05) is 20.5 Å². The Morgan fingerprint density at radius 1 is 1.09 bits per heavy atom. The van der Waals surface area contributed by atoms with Crippen molar-refractivity contribution in [3.8, 4) is 5.75 Å². The van der Waals surface area contributed by atoms with Crippen LogP contribution in [0.3, 0.4) is 0 Å². The van der Waals surface area contributed by atoms with Gasteiger partial charge in [-0.25, -0.2) is 4.98 Å². The number of aryl methyl sites for hydroxylation is 1. The molecule has 174 valence electrons. The number of benzene rings is 3. The highest BCUT2D eigenvalue weighted by Crippen LogP contribution is 2.25. The summed E-state index contributed by atoms with van der Waals surface area (Å²) in [6, 6.07) is 19.0. The maximum atomic E-state index is 13.4. The van der Waals surface area contributed by atoms with Crippen molar-refractivity contribution < 1.29 is 4.74 Å². The molecule has 0 aliphatic heterocycles. The standard InChI is InChI=1S/C27H25BrClN3O2/c1-17-5-7-18(8-6-17)16-34-24-12-10-21(29)13-19(24)15-30-32-25(33)22-14-20(28)9-11-23(22)31-26(32)27(2,3)4/h5-15H,16H2,1-4H3. The lowest BCUT2D eigenvalue weighted by Crippen LogP contribution is -2.29. The summed E-state index contributed by atoms with van der Waals surface area (Å²) >= 11 is 9.70. The minimum absolute atomic E-state index is 0.239. The van der Waals surface area contributed by atoms with Gasteiger partial charge in [0.05, 0.1) is 17.1 Å². The number of hydrogen-bond acceptors (Lipinski definition) is 4. The SMILES string of the molecule is Cc1ccc(COc2ccc(Cl)cc2C=Nn2c(C(C)(C)C)nc3ccc(Br)cc3c2=O)cc1. The van der Waals surface area contributed by atoms with E-state index in [0.29, 0.717) is 39.7 Å². The van der Waals surface area contributed by atoms with E-state index in [9.17, 15) is 4.79 Å². The molecule has 34 heavy (non-hydrogen) atoms. The van der Waals surface area contributed by atoms with Gasteiger partial charge < -0.3 is 4.74 Å². The van der Waals surface area contributed by atoms with Crippen molar-refractivity contribution >= 4 is 44.6 Å². The van der Waals surface area contributed by atoms with Crippen LogP contribution in [-0.4, -0.2) is 15.9 Å². The summed E-state index contributed by atoms with van der Waals surface area (Å²) in [7, 11) is 0. The highest BCUT2D eigenvalue weighted by Gasteiger charge is 2.23. The molecule has 0 atom stereocenters. The Labute approximate surface area is 212 Å². The predicted molar refractivity (Wildman–Crippen MR) is 142 cm³/mol. The first-order valence-corrected chi connectivity index (χ1v) is 12.0. The van der Waals surface area contributed by atoms with Crippen molar-refractivity contribution in [2.45, 2.75) is 39.7 Å². The molecule has 0 spiro atoms. The van der Waals surface area contributed by atoms with Crippen molar-refractivity contribution in [2.24, 2.45) is 5.10 Å². The molecule has 5 nitrogen and oxygen atoms in total. The van der Waals surface area contributed by atoms with Crippen LogP contribution in [0.5, 0.6) is 5.75 Å². The van der Waals surface area contributed by atoms with E-state index < -0.39 is 5.41 Å². The van der Waals surface area contributed by atoms with Crippen molar-refractivity contribution in [1.29, 1.82) is 0 Å². The first kappa shape index (κ1) is 24.2. The summed E-state index contributed by atoms with van der Waals surface area (Å²) in [5.41, 5.74) is 2.90. The molecule has 0 radical (unpaired) electrons. The highest BCUT2D eigenvalue weighted by molar-refractivity contribution is 9.10. The number of rotatable bonds is 5. The second-order valence-corrected chi connectivity index (χ2v) is 10.5. The third-order valence-electron chi connectivity index (χ3n) is 5.28. The molecule has 0 fully saturated rings. The smallest absolute Gasteiger partial charge is 0.282 e. The van der Waals surface area contributed by atoms with Gasteiger partial charge in [0.15, 0.2) is 0 Å². The quantitative estimate of drug-likeness (QED) is 0.260. The Hall–Kier alpha value is -2.96. The Kier molecular flexibility index (Phi) is 6.91. The minimum Gasteiger partial charge on any atom is -0.488 e. The van der Waals surface area contributed by atoms with Gasteiger partial charge in [-0.3, -0.25) is 4.79 Å². The summed E-state index contributed by atoms with van der Waals surface area (Å²) in [4.78, 5) is 18.1. The van der Waals surface area contributed by atoms with E-state index in [-0.39, 0.29) is 5.56 Å². The number of ether oxygens (including phenoxy) is 1. The largest absolute Gasteiger partial charge is 0.488 e. The number of aromatic nitrogens is 2. The monoisotopic (exact) mass is 537 g/mol. The lowest BCUT2D eigenvalue weighted by atomic mass is 9.95. The number of nitrogens with zero attached hydrogens (tertiary/aromatic N) is 3. The molecule has 0 aliphatic rings. The van der Waals surface area contributed by atoms with Crippen LogP contribution in [0.25, 0.3) is 10.9 Å². The molecule has 0 aliphatic carbocycles. The predicted octanol–water partition coefficient (Wildman–Crippen LogP) is 6.88. The Morgan fingerprint density at radius 3 is 2.53 bits per heavy atom. The van der Waals surface area contributed by atoms with E-state index >= 15 is 0 Å². The zero-order chi connectivity index (χ0) is 24.5.